The maximum atomic E-state index is 12.6. The molecule has 1 aromatic carbocycles. The van der Waals surface area contributed by atoms with Crippen molar-refractivity contribution in [2.24, 2.45) is 0 Å². The molecule has 0 N–H and O–H groups in total. The lowest BCUT2D eigenvalue weighted by Gasteiger charge is -2.35. The summed E-state index contributed by atoms with van der Waals surface area (Å²) >= 11 is 0. The van der Waals surface area contributed by atoms with Crippen LogP contribution in [0.2, 0.25) is 0 Å². The minimum Gasteiger partial charge on any atom is -0.369 e. The molecule has 3 heterocycles. The predicted octanol–water partition coefficient (Wildman–Crippen LogP) is 2.09. The Labute approximate surface area is 158 Å². The first-order valence-corrected chi connectivity index (χ1v) is 9.36. The van der Waals surface area contributed by atoms with Gasteiger partial charge in [0.15, 0.2) is 0 Å². The Balaban J connectivity index is 1.47. The summed E-state index contributed by atoms with van der Waals surface area (Å²) in [5.74, 6) is 0.863. The van der Waals surface area contributed by atoms with Gasteiger partial charge in [0, 0.05) is 50.3 Å². The highest BCUT2D eigenvalue weighted by atomic mass is 16.1. The first kappa shape index (κ1) is 17.6. The van der Waals surface area contributed by atoms with Crippen molar-refractivity contribution in [3.63, 3.8) is 0 Å². The van der Waals surface area contributed by atoms with Gasteiger partial charge in [-0.1, -0.05) is 0 Å². The average molecular weight is 364 g/mol. The fourth-order valence-electron chi connectivity index (χ4n) is 3.46. The normalized spacial score (nSPS) is 15.6. The van der Waals surface area contributed by atoms with Gasteiger partial charge in [0.25, 0.3) is 5.56 Å². The van der Waals surface area contributed by atoms with Crippen molar-refractivity contribution in [1.29, 1.82) is 0 Å². The van der Waals surface area contributed by atoms with Crippen molar-refractivity contribution in [3.8, 4) is 0 Å². The van der Waals surface area contributed by atoms with E-state index in [-0.39, 0.29) is 11.6 Å². The Bertz CT molecular complexity index is 977. The Kier molecular flexibility index (Phi) is 4.85. The third kappa shape index (κ3) is 3.68. The van der Waals surface area contributed by atoms with Crippen LogP contribution in [0, 0.1) is 0 Å². The minimum atomic E-state index is 0.0224. The fourth-order valence-corrected chi connectivity index (χ4v) is 3.46. The fraction of sp³-hybridized carbons (Fsp3) is 0.400. The highest BCUT2D eigenvalue weighted by Gasteiger charge is 2.19. The molecule has 0 unspecified atom stereocenters. The van der Waals surface area contributed by atoms with Crippen LogP contribution in [-0.2, 0) is 6.54 Å². The highest BCUT2D eigenvalue weighted by Crippen LogP contribution is 2.21. The predicted molar refractivity (Wildman–Crippen MR) is 106 cm³/mol. The van der Waals surface area contributed by atoms with Crippen molar-refractivity contribution < 1.29 is 0 Å². The number of aromatic nitrogens is 4. The Morgan fingerprint density at radius 3 is 2.48 bits per heavy atom. The third-order valence-corrected chi connectivity index (χ3v) is 5.05. The minimum absolute atomic E-state index is 0.0224. The molecule has 1 aliphatic rings. The number of fused-ring (bicyclic) bond motifs is 1. The number of benzene rings is 1. The Hall–Kier alpha value is -2.80. The zero-order valence-corrected chi connectivity index (χ0v) is 15.7. The Morgan fingerprint density at radius 1 is 1.04 bits per heavy atom. The molecule has 140 valence electrons. The molecule has 1 fully saturated rings. The molecular weight excluding hydrogens is 340 g/mol. The molecular formula is C20H24N6O. The molecule has 4 rings (SSSR count). The van der Waals surface area contributed by atoms with Crippen LogP contribution in [0.4, 0.5) is 5.69 Å². The van der Waals surface area contributed by atoms with Crippen LogP contribution < -0.4 is 10.5 Å². The summed E-state index contributed by atoms with van der Waals surface area (Å²) in [5, 5.41) is 0.676. The maximum Gasteiger partial charge on any atom is 0.261 e. The van der Waals surface area contributed by atoms with Crippen LogP contribution in [0.5, 0.6) is 0 Å². The lowest BCUT2D eigenvalue weighted by Crippen LogP contribution is -2.46. The zero-order valence-electron chi connectivity index (χ0n) is 15.7. The van der Waals surface area contributed by atoms with E-state index in [1.165, 1.54) is 0 Å². The van der Waals surface area contributed by atoms with Crippen molar-refractivity contribution >= 4 is 16.6 Å². The molecule has 0 spiro atoms. The van der Waals surface area contributed by atoms with Crippen LogP contribution in [0.1, 0.15) is 25.7 Å². The number of hydrogen-bond donors (Lipinski definition) is 0. The van der Waals surface area contributed by atoms with Gasteiger partial charge in [-0.2, -0.15) is 0 Å². The van der Waals surface area contributed by atoms with E-state index >= 15 is 0 Å². The van der Waals surface area contributed by atoms with Gasteiger partial charge in [-0.25, -0.2) is 15.0 Å². The van der Waals surface area contributed by atoms with Gasteiger partial charge >= 0.3 is 0 Å². The van der Waals surface area contributed by atoms with Crippen LogP contribution in [0.25, 0.3) is 10.9 Å². The van der Waals surface area contributed by atoms with Gasteiger partial charge < -0.3 is 4.90 Å². The van der Waals surface area contributed by atoms with Crippen LogP contribution in [-0.4, -0.2) is 50.6 Å². The largest absolute Gasteiger partial charge is 0.369 e. The SMILES string of the molecule is CC(C)n1cnc2cc(N3CCN(Cc4ncccn4)CC3)ccc2c1=O. The van der Waals surface area contributed by atoms with E-state index in [1.807, 2.05) is 38.1 Å². The van der Waals surface area contributed by atoms with E-state index in [2.05, 4.69) is 24.8 Å². The second kappa shape index (κ2) is 7.44. The molecule has 0 radical (unpaired) electrons. The molecule has 7 nitrogen and oxygen atoms in total. The monoisotopic (exact) mass is 364 g/mol. The number of nitrogens with zero attached hydrogens (tertiary/aromatic N) is 6. The zero-order chi connectivity index (χ0) is 18.8. The molecule has 3 aromatic rings. The number of anilines is 1. The summed E-state index contributed by atoms with van der Waals surface area (Å²) in [6, 6.07) is 7.91. The third-order valence-electron chi connectivity index (χ3n) is 5.05. The van der Waals surface area contributed by atoms with Gasteiger partial charge in [0.2, 0.25) is 0 Å². The van der Waals surface area contributed by atoms with Crippen molar-refractivity contribution in [1.82, 2.24) is 24.4 Å². The molecule has 1 aliphatic heterocycles. The lowest BCUT2D eigenvalue weighted by atomic mass is 10.2. The van der Waals surface area contributed by atoms with E-state index in [4.69, 9.17) is 0 Å². The first-order valence-electron chi connectivity index (χ1n) is 9.36. The summed E-state index contributed by atoms with van der Waals surface area (Å²) in [6.45, 7) is 8.54. The Morgan fingerprint density at radius 2 is 1.78 bits per heavy atom. The van der Waals surface area contributed by atoms with Crippen molar-refractivity contribution in [3.05, 3.63) is 59.2 Å². The molecule has 0 atom stereocenters. The molecule has 2 aromatic heterocycles. The van der Waals surface area contributed by atoms with E-state index in [0.29, 0.717) is 5.39 Å². The van der Waals surface area contributed by atoms with Crippen LogP contribution >= 0.6 is 0 Å². The standard InChI is InChI=1S/C20H24N6O/c1-15(2)26-14-23-18-12-16(4-5-17(18)20(26)27)25-10-8-24(9-11-25)13-19-21-6-3-7-22-19/h3-7,12,14-15H,8-11,13H2,1-2H3. The second-order valence-corrected chi connectivity index (χ2v) is 7.18. The molecule has 0 saturated carbocycles. The molecule has 27 heavy (non-hydrogen) atoms. The first-order chi connectivity index (χ1) is 13.1. The molecule has 7 heteroatoms. The smallest absolute Gasteiger partial charge is 0.261 e. The lowest BCUT2D eigenvalue weighted by molar-refractivity contribution is 0.244. The van der Waals surface area contributed by atoms with Crippen molar-refractivity contribution in [2.45, 2.75) is 26.4 Å². The van der Waals surface area contributed by atoms with E-state index in [1.54, 1.807) is 23.3 Å². The van der Waals surface area contributed by atoms with E-state index < -0.39 is 0 Å². The number of piperazine rings is 1. The van der Waals surface area contributed by atoms with Gasteiger partial charge in [-0.05, 0) is 38.1 Å². The number of rotatable bonds is 4. The number of hydrogen-bond acceptors (Lipinski definition) is 6. The van der Waals surface area contributed by atoms with Gasteiger partial charge in [-0.15, -0.1) is 0 Å². The summed E-state index contributed by atoms with van der Waals surface area (Å²) < 4.78 is 1.67. The molecule has 0 aliphatic carbocycles. The second-order valence-electron chi connectivity index (χ2n) is 7.18. The topological polar surface area (TPSA) is 67.2 Å². The summed E-state index contributed by atoms with van der Waals surface area (Å²) in [6.07, 6.45) is 5.22. The summed E-state index contributed by atoms with van der Waals surface area (Å²) in [4.78, 5) is 30.4. The molecule has 1 saturated heterocycles. The van der Waals surface area contributed by atoms with Crippen molar-refractivity contribution in [2.75, 3.05) is 31.1 Å². The maximum absolute atomic E-state index is 12.6. The van der Waals surface area contributed by atoms with E-state index in [0.717, 1.165) is 49.8 Å². The summed E-state index contributed by atoms with van der Waals surface area (Å²) in [5.41, 5.74) is 1.90. The highest BCUT2D eigenvalue weighted by molar-refractivity contribution is 5.81. The van der Waals surface area contributed by atoms with Crippen LogP contribution in [0.3, 0.4) is 0 Å². The van der Waals surface area contributed by atoms with Gasteiger partial charge in [-0.3, -0.25) is 14.3 Å². The van der Waals surface area contributed by atoms with Gasteiger partial charge in [0.1, 0.15) is 5.82 Å². The molecule has 0 amide bonds. The van der Waals surface area contributed by atoms with Gasteiger partial charge in [0.05, 0.1) is 23.8 Å². The quantitative estimate of drug-likeness (QED) is 0.706. The molecule has 0 bridgehead atoms. The van der Waals surface area contributed by atoms with E-state index in [9.17, 15) is 4.79 Å². The average Bonchev–Trinajstić information content (AvgIpc) is 2.69. The van der Waals surface area contributed by atoms with Crippen LogP contribution in [0.15, 0.2) is 47.8 Å². The summed E-state index contributed by atoms with van der Waals surface area (Å²) in [7, 11) is 0.